The maximum absolute atomic E-state index is 13.9. The molecule has 0 unspecified atom stereocenters. The Labute approximate surface area is 199 Å². The van der Waals surface area contributed by atoms with Crippen molar-refractivity contribution in [2.24, 2.45) is 0 Å². The van der Waals surface area contributed by atoms with E-state index in [0.717, 1.165) is 63.7 Å². The van der Waals surface area contributed by atoms with Crippen LogP contribution in [0.3, 0.4) is 0 Å². The van der Waals surface area contributed by atoms with Gasteiger partial charge in [0.2, 0.25) is 0 Å². The second kappa shape index (κ2) is 10.7. The van der Waals surface area contributed by atoms with Gasteiger partial charge in [-0.3, -0.25) is 9.78 Å². The van der Waals surface area contributed by atoms with Gasteiger partial charge in [-0.05, 0) is 79.5 Å². The molecule has 168 valence electrons. The van der Waals surface area contributed by atoms with E-state index in [9.17, 15) is 13.6 Å². The topological polar surface area (TPSA) is 54.0 Å². The minimum Gasteiger partial charge on any atom is -0.324 e. The minimum absolute atomic E-state index is 0.299. The van der Waals surface area contributed by atoms with Gasteiger partial charge in [-0.15, -0.1) is 11.3 Å². The summed E-state index contributed by atoms with van der Waals surface area (Å²) in [5.74, 6) is -1.22. The van der Waals surface area contributed by atoms with Crippen LogP contribution in [0.4, 0.5) is 14.5 Å². The van der Waals surface area contributed by atoms with Crippen molar-refractivity contribution in [2.75, 3.05) is 18.3 Å². The highest BCUT2D eigenvalue weighted by Crippen LogP contribution is 2.36. The maximum Gasteiger partial charge on any atom is 0.150 e. The molecule has 4 rings (SSSR count). The van der Waals surface area contributed by atoms with Crippen LogP contribution in [0.25, 0.3) is 20.9 Å². The highest BCUT2D eigenvalue weighted by Gasteiger charge is 2.10. The Bertz CT molecular complexity index is 1280. The molecule has 2 aromatic heterocycles. The van der Waals surface area contributed by atoms with E-state index in [1.54, 1.807) is 23.7 Å². The number of aromatic nitrogens is 1. The van der Waals surface area contributed by atoms with E-state index in [-0.39, 0.29) is 0 Å². The smallest absolute Gasteiger partial charge is 0.150 e. The molecule has 2 aromatic carbocycles. The molecule has 0 saturated carbocycles. The van der Waals surface area contributed by atoms with Crippen LogP contribution in [0.1, 0.15) is 15.9 Å². The number of carbonyl (C=O) groups excluding carboxylic acids is 1. The lowest BCUT2D eigenvalue weighted by Crippen LogP contribution is -2.11. The van der Waals surface area contributed by atoms with Crippen molar-refractivity contribution in [2.45, 2.75) is 11.3 Å². The van der Waals surface area contributed by atoms with Gasteiger partial charge in [0.15, 0.2) is 0 Å². The first kappa shape index (κ1) is 23.1. The number of thiophene rings is 1. The normalized spacial score (nSPS) is 10.9. The van der Waals surface area contributed by atoms with Crippen LogP contribution in [-0.4, -0.2) is 24.9 Å². The van der Waals surface area contributed by atoms with Gasteiger partial charge in [-0.1, -0.05) is 12.1 Å². The second-order valence-electron chi connectivity index (χ2n) is 7.29. The van der Waals surface area contributed by atoms with Crippen LogP contribution in [0.15, 0.2) is 71.9 Å². The quantitative estimate of drug-likeness (QED) is 0.213. The van der Waals surface area contributed by atoms with E-state index in [4.69, 9.17) is 0 Å². The molecule has 0 fully saturated rings. The maximum atomic E-state index is 13.9. The van der Waals surface area contributed by atoms with Crippen LogP contribution >= 0.6 is 23.3 Å². The number of hydrogen-bond donors (Lipinski definition) is 2. The number of pyridine rings is 1. The Balaban J connectivity index is 1.52. The van der Waals surface area contributed by atoms with Crippen molar-refractivity contribution < 1.29 is 13.6 Å². The fourth-order valence-corrected chi connectivity index (χ4v) is 4.92. The average Bonchev–Trinajstić information content (AvgIpc) is 3.33. The van der Waals surface area contributed by atoms with E-state index in [1.165, 1.54) is 12.1 Å². The first-order valence-electron chi connectivity index (χ1n) is 10.2. The average molecular weight is 482 g/mol. The number of likely N-dealkylation sites (N-methyl/N-ethyl adjacent to an activating group) is 1. The molecule has 0 aliphatic rings. The first-order valence-corrected chi connectivity index (χ1v) is 11.9. The highest BCUT2D eigenvalue weighted by atomic mass is 32.2. The van der Waals surface area contributed by atoms with Gasteiger partial charge >= 0.3 is 0 Å². The standard InChI is InChI=1S/C25H21F2N3OS2/c1-28-9-8-16-10-17(2-3-18(16)15-31)23-6-7-24(32-23)19-11-21(14-29-13-19)30-33-25-5-4-20(26)12-22(25)27/h2-7,10-15,28,30H,8-9H2,1H3. The molecule has 0 aliphatic carbocycles. The van der Waals surface area contributed by atoms with Crippen LogP contribution in [0.5, 0.6) is 0 Å². The van der Waals surface area contributed by atoms with Gasteiger partial charge in [0.25, 0.3) is 0 Å². The molecular weight excluding hydrogens is 460 g/mol. The second-order valence-corrected chi connectivity index (χ2v) is 9.22. The molecule has 0 bridgehead atoms. The number of nitrogens with one attached hydrogen (secondary N) is 2. The fraction of sp³-hybridized carbons (Fsp3) is 0.120. The monoisotopic (exact) mass is 481 g/mol. The van der Waals surface area contributed by atoms with Crippen LogP contribution in [0.2, 0.25) is 0 Å². The first-order chi connectivity index (χ1) is 16.1. The summed E-state index contributed by atoms with van der Waals surface area (Å²) in [6.45, 7) is 0.797. The number of rotatable bonds is 9. The minimum atomic E-state index is -0.616. The largest absolute Gasteiger partial charge is 0.324 e. The van der Waals surface area contributed by atoms with Crippen molar-refractivity contribution >= 4 is 35.3 Å². The Kier molecular flexibility index (Phi) is 7.49. The predicted molar refractivity (Wildman–Crippen MR) is 132 cm³/mol. The van der Waals surface area contributed by atoms with Crippen molar-refractivity contribution in [3.8, 4) is 20.9 Å². The third-order valence-electron chi connectivity index (χ3n) is 5.00. The Morgan fingerprint density at radius 1 is 1.00 bits per heavy atom. The van der Waals surface area contributed by atoms with Crippen molar-refractivity contribution in [1.82, 2.24) is 10.3 Å². The lowest BCUT2D eigenvalue weighted by molar-refractivity contribution is 0.112. The predicted octanol–water partition coefficient (Wildman–Crippen LogP) is 6.45. The molecule has 8 heteroatoms. The molecular formula is C25H21F2N3OS2. The van der Waals surface area contributed by atoms with Gasteiger partial charge in [-0.25, -0.2) is 8.78 Å². The lowest BCUT2D eigenvalue weighted by Gasteiger charge is -2.08. The van der Waals surface area contributed by atoms with E-state index in [1.807, 2.05) is 31.3 Å². The number of anilines is 1. The van der Waals surface area contributed by atoms with E-state index in [2.05, 4.69) is 27.2 Å². The molecule has 0 atom stereocenters. The number of aldehydes is 1. The van der Waals surface area contributed by atoms with Gasteiger partial charge in [0, 0.05) is 33.1 Å². The Morgan fingerprint density at radius 3 is 2.58 bits per heavy atom. The zero-order valence-corrected chi connectivity index (χ0v) is 19.4. The van der Waals surface area contributed by atoms with Gasteiger partial charge in [0.05, 0.1) is 16.8 Å². The summed E-state index contributed by atoms with van der Waals surface area (Å²) in [7, 11) is 1.89. The summed E-state index contributed by atoms with van der Waals surface area (Å²) in [5, 5.41) is 3.12. The number of benzene rings is 2. The van der Waals surface area contributed by atoms with Crippen molar-refractivity contribution in [3.63, 3.8) is 0 Å². The van der Waals surface area contributed by atoms with Gasteiger partial charge in [0.1, 0.15) is 17.9 Å². The molecule has 0 radical (unpaired) electrons. The summed E-state index contributed by atoms with van der Waals surface area (Å²) in [4.78, 5) is 18.1. The summed E-state index contributed by atoms with van der Waals surface area (Å²) >= 11 is 2.70. The molecule has 2 N–H and O–H groups in total. The molecule has 0 saturated heterocycles. The fourth-order valence-electron chi connectivity index (χ4n) is 3.30. The molecule has 0 aliphatic heterocycles. The molecule has 0 spiro atoms. The zero-order chi connectivity index (χ0) is 23.2. The molecule has 33 heavy (non-hydrogen) atoms. The highest BCUT2D eigenvalue weighted by molar-refractivity contribution is 8.00. The Hall–Kier alpha value is -3.07. The number of carbonyl (C=O) groups is 1. The third kappa shape index (κ3) is 5.65. The summed E-state index contributed by atoms with van der Waals surface area (Å²) in [5.41, 5.74) is 4.43. The van der Waals surface area contributed by atoms with Crippen LogP contribution in [-0.2, 0) is 6.42 Å². The van der Waals surface area contributed by atoms with Gasteiger partial charge in [-0.2, -0.15) is 0 Å². The van der Waals surface area contributed by atoms with E-state index in [0.29, 0.717) is 16.1 Å². The van der Waals surface area contributed by atoms with E-state index < -0.39 is 11.6 Å². The Morgan fingerprint density at radius 2 is 1.82 bits per heavy atom. The number of hydrogen-bond acceptors (Lipinski definition) is 6. The SMILES string of the molecule is CNCCc1cc(-c2ccc(-c3cncc(NSc4ccc(F)cc4F)c3)s2)ccc1C=O. The van der Waals surface area contributed by atoms with Crippen molar-refractivity contribution in [1.29, 1.82) is 0 Å². The lowest BCUT2D eigenvalue weighted by atomic mass is 10.0. The molecule has 0 amide bonds. The summed E-state index contributed by atoms with van der Waals surface area (Å²) < 4.78 is 30.0. The molecule has 4 nitrogen and oxygen atoms in total. The number of nitrogens with zero attached hydrogens (tertiary/aromatic N) is 1. The van der Waals surface area contributed by atoms with Crippen LogP contribution in [0, 0.1) is 11.6 Å². The third-order valence-corrected chi connectivity index (χ3v) is 7.07. The van der Waals surface area contributed by atoms with E-state index >= 15 is 0 Å². The molecule has 2 heterocycles. The zero-order valence-electron chi connectivity index (χ0n) is 17.8. The van der Waals surface area contributed by atoms with Gasteiger partial charge < -0.3 is 10.0 Å². The summed E-state index contributed by atoms with van der Waals surface area (Å²) in [6, 6.07) is 15.4. The summed E-state index contributed by atoms with van der Waals surface area (Å²) in [6.07, 6.45) is 5.10. The number of halogens is 2. The van der Waals surface area contributed by atoms with Crippen LogP contribution < -0.4 is 10.0 Å². The molecule has 4 aromatic rings. The van der Waals surface area contributed by atoms with Crippen molar-refractivity contribution in [3.05, 3.63) is 89.8 Å².